The Balaban J connectivity index is 1.12. The fraction of sp³-hybridized carbons (Fsp3) is 0.333. The maximum Gasteiger partial charge on any atom is 0.322 e. The Bertz CT molecular complexity index is 1390. The molecule has 0 saturated carbocycles. The summed E-state index contributed by atoms with van der Waals surface area (Å²) in [6, 6.07) is 17.4. The number of carbonyl (C=O) groups is 2. The number of halogens is 2. The lowest BCUT2D eigenvalue weighted by atomic mass is 10.1. The van der Waals surface area contributed by atoms with Crippen molar-refractivity contribution in [3.63, 3.8) is 0 Å². The molecule has 42 heavy (non-hydrogen) atoms. The van der Waals surface area contributed by atoms with Crippen molar-refractivity contribution in [3.8, 4) is 0 Å². The number of hydrogen-bond donors (Lipinski definition) is 3. The van der Waals surface area contributed by atoms with Crippen molar-refractivity contribution in [2.75, 3.05) is 61.9 Å². The molecule has 3 amide bonds. The van der Waals surface area contributed by atoms with Crippen LogP contribution in [0.2, 0.25) is 10.0 Å². The summed E-state index contributed by atoms with van der Waals surface area (Å²) in [5.41, 5.74) is 3.76. The van der Waals surface area contributed by atoms with E-state index in [0.717, 1.165) is 30.9 Å². The highest BCUT2D eigenvalue weighted by atomic mass is 35.5. The van der Waals surface area contributed by atoms with Crippen molar-refractivity contribution in [2.24, 2.45) is 0 Å². The van der Waals surface area contributed by atoms with Gasteiger partial charge in [0.05, 0.1) is 22.8 Å². The number of likely N-dealkylation sites (tertiary alicyclic amines) is 1. The number of nitrogens with one attached hydrogen (secondary N) is 3. The molecule has 2 saturated heterocycles. The average molecular weight is 614 g/mol. The molecular weight excluding hydrogens is 579 g/mol. The first-order valence-corrected chi connectivity index (χ1v) is 14.7. The highest BCUT2D eigenvalue weighted by molar-refractivity contribution is 6.39. The van der Waals surface area contributed by atoms with Crippen molar-refractivity contribution >= 4 is 57.9 Å². The number of amides is 3. The first-order valence-electron chi connectivity index (χ1n) is 13.9. The van der Waals surface area contributed by atoms with Crippen LogP contribution in [0.3, 0.4) is 0 Å². The lowest BCUT2D eigenvalue weighted by molar-refractivity contribution is -0.992. The Kier molecular flexibility index (Phi) is 9.84. The summed E-state index contributed by atoms with van der Waals surface area (Å²) >= 11 is 13.0. The zero-order valence-corrected chi connectivity index (χ0v) is 24.9. The number of hydrogen-bond acceptors (Lipinski definition) is 6. The smallest absolute Gasteiger partial charge is 0.322 e. The number of anilines is 3. The Morgan fingerprint density at radius 3 is 2.21 bits per heavy atom. The van der Waals surface area contributed by atoms with Crippen LogP contribution in [-0.4, -0.2) is 68.1 Å². The molecule has 0 aromatic heterocycles. The van der Waals surface area contributed by atoms with Gasteiger partial charge in [0.1, 0.15) is 0 Å². The van der Waals surface area contributed by atoms with Crippen LogP contribution in [0.1, 0.15) is 28.8 Å². The Hall–Kier alpha value is -3.38. The summed E-state index contributed by atoms with van der Waals surface area (Å²) in [6.07, 6.45) is 2.42. The van der Waals surface area contributed by atoms with E-state index in [2.05, 4.69) is 20.4 Å². The Morgan fingerprint density at radius 1 is 0.905 bits per heavy atom. The topological polar surface area (TPSA) is 105 Å². The van der Waals surface area contributed by atoms with E-state index >= 15 is 0 Å². The molecule has 1 unspecified atom stereocenters. The molecule has 2 aliphatic heterocycles. The fourth-order valence-electron chi connectivity index (χ4n) is 5.25. The van der Waals surface area contributed by atoms with Gasteiger partial charge in [0.25, 0.3) is 5.91 Å². The molecule has 0 spiro atoms. The number of rotatable bonds is 8. The fourth-order valence-corrected chi connectivity index (χ4v) is 5.88. The van der Waals surface area contributed by atoms with Crippen molar-refractivity contribution in [1.82, 2.24) is 9.80 Å². The van der Waals surface area contributed by atoms with E-state index in [9.17, 15) is 14.8 Å². The van der Waals surface area contributed by atoms with E-state index in [1.807, 2.05) is 36.4 Å². The predicted octanol–water partition coefficient (Wildman–Crippen LogP) is 4.77. The largest absolute Gasteiger partial charge is 0.595 e. The summed E-state index contributed by atoms with van der Waals surface area (Å²) in [5, 5.41) is 17.9. The Morgan fingerprint density at radius 2 is 1.57 bits per heavy atom. The number of piperazine rings is 1. The molecule has 5 rings (SSSR count). The normalized spacial score (nSPS) is 16.4. The summed E-state index contributed by atoms with van der Waals surface area (Å²) in [7, 11) is 1.30. The number of nitrogens with zero attached hydrogens (tertiary/aromatic N) is 3. The van der Waals surface area contributed by atoms with Gasteiger partial charge in [-0.2, -0.15) is 5.23 Å². The third kappa shape index (κ3) is 7.33. The zero-order chi connectivity index (χ0) is 29.6. The van der Waals surface area contributed by atoms with Gasteiger partial charge in [0, 0.05) is 61.8 Å². The number of quaternary nitrogens is 1. The van der Waals surface area contributed by atoms with Gasteiger partial charge in [0.2, 0.25) is 0 Å². The second-order valence-electron chi connectivity index (χ2n) is 10.4. The van der Waals surface area contributed by atoms with Gasteiger partial charge in [-0.15, -0.1) is 0 Å². The van der Waals surface area contributed by atoms with E-state index in [1.165, 1.54) is 26.0 Å². The molecule has 3 aromatic rings. The summed E-state index contributed by atoms with van der Waals surface area (Å²) in [4.78, 5) is 36.7. The molecule has 3 N–H and O–H groups in total. The van der Waals surface area contributed by atoms with E-state index in [4.69, 9.17) is 28.0 Å². The minimum absolute atomic E-state index is 0.236. The number of benzene rings is 3. The Labute approximate surface area is 255 Å². The minimum atomic E-state index is -0.499. The number of urea groups is 1. The second kappa shape index (κ2) is 13.7. The molecule has 2 aliphatic rings. The quantitative estimate of drug-likeness (QED) is 0.317. The van der Waals surface area contributed by atoms with Gasteiger partial charge in [0.15, 0.2) is 5.69 Å². The zero-order valence-electron chi connectivity index (χ0n) is 23.4. The monoisotopic (exact) mass is 612 g/mol. The molecule has 0 radical (unpaired) electrons. The molecule has 1 atom stereocenters. The highest BCUT2D eigenvalue weighted by Gasteiger charge is 2.23. The molecule has 0 aliphatic carbocycles. The summed E-state index contributed by atoms with van der Waals surface area (Å²) in [6.45, 7) is 5.32. The number of carbonyl (C=O) groups excluding carboxylic acids is 2. The predicted molar refractivity (Wildman–Crippen MR) is 166 cm³/mol. The van der Waals surface area contributed by atoms with Crippen molar-refractivity contribution in [3.05, 3.63) is 87.0 Å². The van der Waals surface area contributed by atoms with Gasteiger partial charge in [-0.1, -0.05) is 29.3 Å². The van der Waals surface area contributed by atoms with Crippen LogP contribution in [0.5, 0.6) is 0 Å². The van der Waals surface area contributed by atoms with Crippen LogP contribution in [0, 0.1) is 5.21 Å². The van der Waals surface area contributed by atoms with Crippen molar-refractivity contribution < 1.29 is 19.7 Å². The minimum Gasteiger partial charge on any atom is -0.595 e. The SMILES string of the molecule is CO[NH+]([O-])c1cccc(C(=O)Nc2ccc(N3CCN(C(=O)Nc4c(Cl)cc(CN5CCCC5)cc4Cl)CC3)cc2)c1. The standard InChI is InChI=1S/C30H34Cl2N6O4/c1-42-38(41)25-6-4-5-22(19-25)29(39)33-23-7-9-24(10-8-23)36-13-15-37(16-14-36)30(40)34-28-26(31)17-21(18-27(28)32)20-35-11-2-3-12-35/h4-10,17-19,38H,2-3,11-16,20H2,1H3,(H,33,39)(H,34,40). The van der Waals surface area contributed by atoms with Crippen molar-refractivity contribution in [1.29, 1.82) is 0 Å². The third-order valence-corrected chi connectivity index (χ3v) is 8.14. The van der Waals surface area contributed by atoms with Gasteiger partial charge < -0.3 is 25.6 Å². The van der Waals surface area contributed by atoms with Crippen LogP contribution >= 0.6 is 23.2 Å². The van der Waals surface area contributed by atoms with Gasteiger partial charge in [-0.05, 0) is 74.0 Å². The highest BCUT2D eigenvalue weighted by Crippen LogP contribution is 2.33. The second-order valence-corrected chi connectivity index (χ2v) is 11.2. The maximum absolute atomic E-state index is 13.0. The molecule has 0 bridgehead atoms. The average Bonchev–Trinajstić information content (AvgIpc) is 3.52. The third-order valence-electron chi connectivity index (χ3n) is 7.54. The molecule has 3 aromatic carbocycles. The maximum atomic E-state index is 13.0. The molecular formula is C30H34Cl2N6O4. The molecule has 2 fully saturated rings. The first-order chi connectivity index (χ1) is 20.3. The van der Waals surface area contributed by atoms with E-state index < -0.39 is 5.23 Å². The van der Waals surface area contributed by atoms with Crippen LogP contribution < -0.4 is 20.8 Å². The van der Waals surface area contributed by atoms with Crippen LogP contribution in [0.15, 0.2) is 60.7 Å². The molecule has 12 heteroatoms. The lowest BCUT2D eigenvalue weighted by Crippen LogP contribution is -3.00. The van der Waals surface area contributed by atoms with Crippen LogP contribution in [0.25, 0.3) is 0 Å². The summed E-state index contributed by atoms with van der Waals surface area (Å²) in [5.74, 6) is -0.324. The first kappa shape index (κ1) is 30.1. The van der Waals surface area contributed by atoms with E-state index in [-0.39, 0.29) is 11.9 Å². The molecule has 2 heterocycles. The van der Waals surface area contributed by atoms with Gasteiger partial charge in [-0.3, -0.25) is 9.69 Å². The van der Waals surface area contributed by atoms with Gasteiger partial charge in [-0.25, -0.2) is 9.63 Å². The summed E-state index contributed by atoms with van der Waals surface area (Å²) < 4.78 is 0. The van der Waals surface area contributed by atoms with E-state index in [1.54, 1.807) is 23.1 Å². The molecule has 10 nitrogen and oxygen atoms in total. The lowest BCUT2D eigenvalue weighted by Gasteiger charge is -2.36. The van der Waals surface area contributed by atoms with Gasteiger partial charge >= 0.3 is 6.03 Å². The van der Waals surface area contributed by atoms with Crippen LogP contribution in [0.4, 0.5) is 27.5 Å². The van der Waals surface area contributed by atoms with E-state index in [0.29, 0.717) is 58.8 Å². The van der Waals surface area contributed by atoms with Crippen molar-refractivity contribution in [2.45, 2.75) is 19.4 Å². The van der Waals surface area contributed by atoms with Crippen LogP contribution in [-0.2, 0) is 11.4 Å². The molecule has 222 valence electrons.